The number of thiazole rings is 1. The van der Waals surface area contributed by atoms with E-state index in [9.17, 15) is 22.8 Å². The van der Waals surface area contributed by atoms with Crippen molar-refractivity contribution in [3.05, 3.63) is 68.6 Å². The van der Waals surface area contributed by atoms with Crippen molar-refractivity contribution in [1.82, 2.24) is 20.3 Å². The first kappa shape index (κ1) is 26.1. The Morgan fingerprint density at radius 1 is 1.20 bits per heavy atom. The number of alkyl halides is 3. The van der Waals surface area contributed by atoms with E-state index in [1.165, 1.54) is 24.7 Å². The first-order valence-electron chi connectivity index (χ1n) is 9.95. The summed E-state index contributed by atoms with van der Waals surface area (Å²) in [5.41, 5.74) is -0.761. The highest BCUT2D eigenvalue weighted by atomic mass is 35.5. The number of carbonyl (C=O) groups is 2. The Labute approximate surface area is 206 Å². The molecular formula is C22H17ClF3N5O3S. The second kappa shape index (κ2) is 11.3. The van der Waals surface area contributed by atoms with Crippen LogP contribution in [0.5, 0.6) is 0 Å². The minimum absolute atomic E-state index is 0.0675. The van der Waals surface area contributed by atoms with Gasteiger partial charge in [-0.1, -0.05) is 17.5 Å². The van der Waals surface area contributed by atoms with Crippen LogP contribution in [0, 0.1) is 11.8 Å². The molecule has 0 spiro atoms. The maximum Gasteiger partial charge on any atom is 0.417 e. The number of carbonyl (C=O) groups excluding carboxylic acids is 2. The number of aliphatic hydroxyl groups is 1. The molecule has 0 bridgehead atoms. The zero-order chi connectivity index (χ0) is 25.6. The number of halogens is 4. The molecule has 13 heteroatoms. The first-order valence-corrected chi connectivity index (χ1v) is 11.1. The summed E-state index contributed by atoms with van der Waals surface area (Å²) in [5.74, 6) is 4.22. The van der Waals surface area contributed by atoms with Crippen LogP contribution in [0.25, 0.3) is 0 Å². The van der Waals surface area contributed by atoms with Gasteiger partial charge in [-0.25, -0.2) is 15.0 Å². The molecule has 2 aromatic heterocycles. The Balaban J connectivity index is 1.66. The second-order valence-corrected chi connectivity index (χ2v) is 8.44. The fraction of sp³-hybridized carbons (Fsp3) is 0.227. The number of nitrogens with one attached hydrogen (secondary N) is 2. The minimum atomic E-state index is -4.67. The molecule has 35 heavy (non-hydrogen) atoms. The van der Waals surface area contributed by atoms with Crippen LogP contribution in [0.1, 0.15) is 55.8 Å². The van der Waals surface area contributed by atoms with Crippen LogP contribution in [0.3, 0.4) is 0 Å². The molecule has 0 aliphatic heterocycles. The summed E-state index contributed by atoms with van der Waals surface area (Å²) in [6, 6.07) is 3.85. The smallest absolute Gasteiger partial charge is 0.395 e. The van der Waals surface area contributed by atoms with Gasteiger partial charge in [0.25, 0.3) is 11.8 Å². The summed E-state index contributed by atoms with van der Waals surface area (Å²) in [7, 11) is 0. The second-order valence-electron chi connectivity index (χ2n) is 6.97. The molecule has 0 unspecified atom stereocenters. The van der Waals surface area contributed by atoms with E-state index in [0.29, 0.717) is 10.7 Å². The standard InChI is InChI=1S/C22H17ClF3N5O3S/c1-12(30-19(33)17-9-13(28-11-29-17)4-2-3-7-32)21-27-10-18(35-21)20(34)31-14-5-6-16(23)15(8-14)22(24,25)26/h5-6,8-12,32H,3,7H2,1H3,(H,30,33)(H,31,34)/t12-/m0/s1. The Hall–Kier alpha value is -3.53. The molecule has 3 rings (SSSR count). The average Bonchev–Trinajstić information content (AvgIpc) is 3.31. The zero-order valence-corrected chi connectivity index (χ0v) is 19.6. The number of aromatic nitrogens is 3. The summed E-state index contributed by atoms with van der Waals surface area (Å²) < 4.78 is 39.1. The molecule has 0 saturated carbocycles. The van der Waals surface area contributed by atoms with E-state index in [0.717, 1.165) is 23.5 Å². The maximum absolute atomic E-state index is 13.0. The van der Waals surface area contributed by atoms with Crippen LogP contribution in [-0.2, 0) is 6.18 Å². The van der Waals surface area contributed by atoms with Crippen molar-refractivity contribution in [2.24, 2.45) is 0 Å². The lowest BCUT2D eigenvalue weighted by atomic mass is 10.2. The minimum Gasteiger partial charge on any atom is -0.395 e. The fourth-order valence-electron chi connectivity index (χ4n) is 2.70. The molecule has 3 aromatic rings. The molecule has 2 heterocycles. The van der Waals surface area contributed by atoms with E-state index < -0.39 is 34.6 Å². The summed E-state index contributed by atoms with van der Waals surface area (Å²) in [6.07, 6.45) is -1.95. The number of hydrogen-bond donors (Lipinski definition) is 3. The van der Waals surface area contributed by atoms with Crippen molar-refractivity contribution in [2.75, 3.05) is 11.9 Å². The summed E-state index contributed by atoms with van der Waals surface area (Å²) in [5, 5.41) is 13.8. The van der Waals surface area contributed by atoms with Crippen LogP contribution in [-0.4, -0.2) is 38.5 Å². The molecular weight excluding hydrogens is 507 g/mol. The van der Waals surface area contributed by atoms with Crippen LogP contribution >= 0.6 is 22.9 Å². The number of hydrogen-bond acceptors (Lipinski definition) is 7. The predicted octanol–water partition coefficient (Wildman–Crippen LogP) is 4.08. The van der Waals surface area contributed by atoms with E-state index in [2.05, 4.69) is 37.4 Å². The van der Waals surface area contributed by atoms with Gasteiger partial charge in [-0.2, -0.15) is 13.2 Å². The van der Waals surface area contributed by atoms with E-state index >= 15 is 0 Å². The van der Waals surface area contributed by atoms with E-state index in [-0.39, 0.29) is 29.3 Å². The van der Waals surface area contributed by atoms with Crippen molar-refractivity contribution in [2.45, 2.75) is 25.6 Å². The highest BCUT2D eigenvalue weighted by molar-refractivity contribution is 7.13. The lowest BCUT2D eigenvalue weighted by Crippen LogP contribution is -2.27. The summed E-state index contributed by atoms with van der Waals surface area (Å²) >= 11 is 6.57. The molecule has 8 nitrogen and oxygen atoms in total. The number of nitrogens with zero attached hydrogens (tertiary/aromatic N) is 3. The van der Waals surface area contributed by atoms with Crippen LogP contribution in [0.15, 0.2) is 36.8 Å². The molecule has 0 aliphatic carbocycles. The van der Waals surface area contributed by atoms with Crippen LogP contribution < -0.4 is 10.6 Å². The maximum atomic E-state index is 13.0. The number of rotatable bonds is 6. The molecule has 0 aliphatic rings. The Kier molecular flexibility index (Phi) is 8.39. The van der Waals surface area contributed by atoms with Crippen LogP contribution in [0.4, 0.5) is 18.9 Å². The fourth-order valence-corrected chi connectivity index (χ4v) is 3.74. The van der Waals surface area contributed by atoms with Crippen molar-refractivity contribution in [3.63, 3.8) is 0 Å². The number of benzene rings is 1. The van der Waals surface area contributed by atoms with E-state index in [1.54, 1.807) is 6.92 Å². The van der Waals surface area contributed by atoms with Gasteiger partial charge in [0.05, 0.1) is 29.4 Å². The van der Waals surface area contributed by atoms with Crippen molar-refractivity contribution >= 4 is 40.4 Å². The van der Waals surface area contributed by atoms with Gasteiger partial charge in [0.15, 0.2) is 0 Å². The average molecular weight is 524 g/mol. The van der Waals surface area contributed by atoms with E-state index in [4.69, 9.17) is 16.7 Å². The van der Waals surface area contributed by atoms with Gasteiger partial charge in [0, 0.05) is 18.2 Å². The molecule has 3 N–H and O–H groups in total. The summed E-state index contributed by atoms with van der Waals surface area (Å²) in [6.45, 7) is 1.56. The van der Waals surface area contributed by atoms with Crippen molar-refractivity contribution in [1.29, 1.82) is 0 Å². The van der Waals surface area contributed by atoms with Crippen molar-refractivity contribution < 1.29 is 27.9 Å². The summed E-state index contributed by atoms with van der Waals surface area (Å²) in [4.78, 5) is 37.2. The SMILES string of the molecule is C[C@H](NC(=O)c1cc(C#CCCO)ncn1)c1ncc(C(=O)Nc2ccc(Cl)c(C(F)(F)F)c2)s1. The van der Waals surface area contributed by atoms with Gasteiger partial charge in [-0.15, -0.1) is 11.3 Å². The van der Waals surface area contributed by atoms with Gasteiger partial charge in [-0.05, 0) is 31.0 Å². The Morgan fingerprint density at radius 3 is 2.69 bits per heavy atom. The first-order chi connectivity index (χ1) is 16.6. The molecule has 0 fully saturated rings. The van der Waals surface area contributed by atoms with Gasteiger partial charge in [0.2, 0.25) is 0 Å². The van der Waals surface area contributed by atoms with Gasteiger partial charge in [0.1, 0.15) is 27.6 Å². The normalized spacial score (nSPS) is 11.8. The molecule has 1 aromatic carbocycles. The van der Waals surface area contributed by atoms with Crippen LogP contribution in [0.2, 0.25) is 5.02 Å². The number of amides is 2. The number of anilines is 1. The molecule has 182 valence electrons. The van der Waals surface area contributed by atoms with Gasteiger partial charge >= 0.3 is 6.18 Å². The topological polar surface area (TPSA) is 117 Å². The monoisotopic (exact) mass is 523 g/mol. The number of aliphatic hydroxyl groups excluding tert-OH is 1. The van der Waals surface area contributed by atoms with E-state index in [1.807, 2.05) is 0 Å². The zero-order valence-electron chi connectivity index (χ0n) is 18.0. The third-order valence-corrected chi connectivity index (χ3v) is 5.86. The Morgan fingerprint density at radius 2 is 1.97 bits per heavy atom. The molecule has 0 radical (unpaired) electrons. The highest BCUT2D eigenvalue weighted by Crippen LogP contribution is 2.36. The van der Waals surface area contributed by atoms with Gasteiger partial charge in [-0.3, -0.25) is 9.59 Å². The highest BCUT2D eigenvalue weighted by Gasteiger charge is 2.33. The lowest BCUT2D eigenvalue weighted by molar-refractivity contribution is -0.137. The predicted molar refractivity (Wildman–Crippen MR) is 123 cm³/mol. The molecule has 0 saturated heterocycles. The molecule has 2 amide bonds. The largest absolute Gasteiger partial charge is 0.417 e. The quantitative estimate of drug-likeness (QED) is 0.419. The van der Waals surface area contributed by atoms with Crippen molar-refractivity contribution in [3.8, 4) is 11.8 Å². The third kappa shape index (κ3) is 6.98. The third-order valence-electron chi connectivity index (χ3n) is 4.35. The van der Waals surface area contributed by atoms with Gasteiger partial charge < -0.3 is 15.7 Å². The Bertz CT molecular complexity index is 1300. The lowest BCUT2D eigenvalue weighted by Gasteiger charge is -2.11. The molecule has 1 atom stereocenters.